The molecule has 126 valence electrons. The molecule has 0 atom stereocenters. The summed E-state index contributed by atoms with van der Waals surface area (Å²) in [5.74, 6) is -0.744. The number of primary amides is 1. The molecule has 1 aromatic heterocycles. The maximum absolute atomic E-state index is 12.3. The van der Waals surface area contributed by atoms with E-state index in [4.69, 9.17) is 15.0 Å². The third-order valence-corrected chi connectivity index (χ3v) is 4.36. The Bertz CT molecular complexity index is 720. The van der Waals surface area contributed by atoms with Gasteiger partial charge in [-0.1, -0.05) is 35.5 Å². The monoisotopic (exact) mass is 329 g/mol. The highest BCUT2D eigenvalue weighted by molar-refractivity contribution is 5.93. The first-order valence-electron chi connectivity index (χ1n) is 7.79. The number of carbonyl (C=O) groups is 2. The molecule has 0 bridgehead atoms. The predicted molar refractivity (Wildman–Crippen MR) is 86.0 cm³/mol. The lowest BCUT2D eigenvalue weighted by molar-refractivity contribution is -0.132. The fourth-order valence-corrected chi connectivity index (χ4v) is 2.74. The van der Waals surface area contributed by atoms with Crippen molar-refractivity contribution in [2.45, 2.75) is 12.8 Å². The molecule has 1 fully saturated rings. The van der Waals surface area contributed by atoms with Crippen molar-refractivity contribution in [2.75, 3.05) is 19.8 Å². The van der Waals surface area contributed by atoms with Crippen molar-refractivity contribution >= 4 is 11.8 Å². The first-order valence-corrected chi connectivity index (χ1v) is 7.79. The number of hydrogen-bond acceptors (Lipinski definition) is 5. The molecular formula is C17H19N3O4. The van der Waals surface area contributed by atoms with Gasteiger partial charge in [0.1, 0.15) is 5.69 Å². The molecule has 7 heteroatoms. The molecule has 2 amide bonds. The minimum Gasteiger partial charge on any atom is -0.381 e. The van der Waals surface area contributed by atoms with Gasteiger partial charge in [-0.05, 0) is 12.8 Å². The van der Waals surface area contributed by atoms with E-state index < -0.39 is 17.2 Å². The Kier molecular flexibility index (Phi) is 4.61. The Morgan fingerprint density at radius 1 is 1.21 bits per heavy atom. The summed E-state index contributed by atoms with van der Waals surface area (Å²) in [5, 5.41) is 6.63. The predicted octanol–water partition coefficient (Wildman–Crippen LogP) is 1.35. The van der Waals surface area contributed by atoms with E-state index in [1.807, 2.05) is 30.3 Å². The number of amides is 2. The van der Waals surface area contributed by atoms with Gasteiger partial charge in [0, 0.05) is 31.4 Å². The second kappa shape index (κ2) is 6.84. The first kappa shape index (κ1) is 16.2. The maximum atomic E-state index is 12.3. The molecule has 0 radical (unpaired) electrons. The summed E-state index contributed by atoms with van der Waals surface area (Å²) in [6.45, 7) is 1.07. The van der Waals surface area contributed by atoms with Crippen molar-refractivity contribution in [2.24, 2.45) is 11.1 Å². The van der Waals surface area contributed by atoms with Crippen LogP contribution in [0.2, 0.25) is 0 Å². The van der Waals surface area contributed by atoms with E-state index in [-0.39, 0.29) is 12.3 Å². The van der Waals surface area contributed by atoms with E-state index in [9.17, 15) is 9.59 Å². The van der Waals surface area contributed by atoms with Crippen molar-refractivity contribution in [3.8, 4) is 11.3 Å². The maximum Gasteiger partial charge on any atom is 0.289 e. The smallest absolute Gasteiger partial charge is 0.289 e. The van der Waals surface area contributed by atoms with Gasteiger partial charge in [-0.15, -0.1) is 0 Å². The van der Waals surface area contributed by atoms with E-state index in [2.05, 4.69) is 10.5 Å². The van der Waals surface area contributed by atoms with Gasteiger partial charge in [-0.25, -0.2) is 0 Å². The minimum atomic E-state index is -0.768. The van der Waals surface area contributed by atoms with E-state index >= 15 is 0 Å². The molecule has 0 spiro atoms. The zero-order valence-corrected chi connectivity index (χ0v) is 13.2. The SMILES string of the molecule is NC(=O)C1(CNC(=O)c2cc(-c3ccccc3)no2)CCOCC1. The van der Waals surface area contributed by atoms with Crippen LogP contribution < -0.4 is 11.1 Å². The molecule has 0 saturated carbocycles. The zero-order chi connectivity index (χ0) is 17.0. The van der Waals surface area contributed by atoms with Crippen LogP contribution >= 0.6 is 0 Å². The van der Waals surface area contributed by atoms with E-state index in [1.165, 1.54) is 0 Å². The lowest BCUT2D eigenvalue weighted by Crippen LogP contribution is -2.49. The summed E-state index contributed by atoms with van der Waals surface area (Å²) in [6.07, 6.45) is 0.989. The number of nitrogens with zero attached hydrogens (tertiary/aromatic N) is 1. The molecule has 1 saturated heterocycles. The van der Waals surface area contributed by atoms with Crippen LogP contribution in [0.5, 0.6) is 0 Å². The Morgan fingerprint density at radius 3 is 2.58 bits per heavy atom. The number of ether oxygens (including phenoxy) is 1. The van der Waals surface area contributed by atoms with Crippen molar-refractivity contribution in [1.29, 1.82) is 0 Å². The summed E-state index contributed by atoms with van der Waals surface area (Å²) in [5.41, 5.74) is 6.20. The molecule has 24 heavy (non-hydrogen) atoms. The number of nitrogens with two attached hydrogens (primary N) is 1. The summed E-state index contributed by atoms with van der Waals surface area (Å²) in [7, 11) is 0. The van der Waals surface area contributed by atoms with Crippen LogP contribution in [0, 0.1) is 5.41 Å². The molecule has 1 aromatic carbocycles. The highest BCUT2D eigenvalue weighted by Crippen LogP contribution is 2.29. The summed E-state index contributed by atoms with van der Waals surface area (Å²) in [6, 6.07) is 11.0. The molecule has 3 N–H and O–H groups in total. The van der Waals surface area contributed by atoms with Crippen LogP contribution in [0.3, 0.4) is 0 Å². The van der Waals surface area contributed by atoms with E-state index in [0.29, 0.717) is 31.7 Å². The number of aromatic nitrogens is 1. The number of benzene rings is 1. The number of rotatable bonds is 5. The molecule has 2 aromatic rings. The van der Waals surface area contributed by atoms with Crippen LogP contribution in [0.1, 0.15) is 23.4 Å². The average Bonchev–Trinajstić information content (AvgIpc) is 3.11. The standard InChI is InChI=1S/C17H19N3O4/c18-16(22)17(6-8-23-9-7-17)11-19-15(21)14-10-13(20-24-14)12-4-2-1-3-5-12/h1-5,10H,6-9,11H2,(H2,18,22)(H,19,21). The average molecular weight is 329 g/mol. The molecule has 3 rings (SSSR count). The molecule has 1 aliphatic heterocycles. The highest BCUT2D eigenvalue weighted by Gasteiger charge is 2.39. The first-order chi connectivity index (χ1) is 11.6. The van der Waals surface area contributed by atoms with Crippen LogP contribution in [0.25, 0.3) is 11.3 Å². The van der Waals surface area contributed by atoms with Gasteiger partial charge in [0.25, 0.3) is 5.91 Å². The fourth-order valence-electron chi connectivity index (χ4n) is 2.74. The molecular weight excluding hydrogens is 310 g/mol. The van der Waals surface area contributed by atoms with Gasteiger partial charge in [0.05, 0.1) is 5.41 Å². The van der Waals surface area contributed by atoms with Gasteiger partial charge in [-0.2, -0.15) is 0 Å². The van der Waals surface area contributed by atoms with Crippen molar-refractivity contribution in [3.05, 3.63) is 42.2 Å². The molecule has 2 heterocycles. The van der Waals surface area contributed by atoms with Crippen molar-refractivity contribution < 1.29 is 18.8 Å². The summed E-state index contributed by atoms with van der Waals surface area (Å²) >= 11 is 0. The van der Waals surface area contributed by atoms with Crippen molar-refractivity contribution in [3.63, 3.8) is 0 Å². The quantitative estimate of drug-likeness (QED) is 0.861. The number of hydrogen-bond donors (Lipinski definition) is 2. The Labute approximate surface area is 139 Å². The molecule has 0 aliphatic carbocycles. The Balaban J connectivity index is 1.67. The molecule has 7 nitrogen and oxygen atoms in total. The van der Waals surface area contributed by atoms with Crippen molar-refractivity contribution in [1.82, 2.24) is 10.5 Å². The number of carbonyl (C=O) groups excluding carboxylic acids is 2. The summed E-state index contributed by atoms with van der Waals surface area (Å²) < 4.78 is 10.4. The minimum absolute atomic E-state index is 0.0977. The second-order valence-corrected chi connectivity index (χ2v) is 5.88. The fraction of sp³-hybridized carbons (Fsp3) is 0.353. The molecule has 1 aliphatic rings. The molecule has 0 unspecified atom stereocenters. The number of nitrogens with one attached hydrogen (secondary N) is 1. The lowest BCUT2D eigenvalue weighted by Gasteiger charge is -2.34. The van der Waals surface area contributed by atoms with E-state index in [0.717, 1.165) is 5.56 Å². The third kappa shape index (κ3) is 3.30. The Hall–Kier alpha value is -2.67. The van der Waals surface area contributed by atoms with Gasteiger partial charge in [-0.3, -0.25) is 9.59 Å². The lowest BCUT2D eigenvalue weighted by atomic mass is 9.79. The van der Waals surface area contributed by atoms with Gasteiger partial charge in [0.2, 0.25) is 11.7 Å². The normalized spacial score (nSPS) is 16.5. The van der Waals surface area contributed by atoms with Gasteiger partial charge >= 0.3 is 0 Å². The van der Waals surface area contributed by atoms with Crippen LogP contribution in [0.4, 0.5) is 0 Å². The van der Waals surface area contributed by atoms with Crippen LogP contribution in [-0.2, 0) is 9.53 Å². The van der Waals surface area contributed by atoms with Crippen LogP contribution in [-0.4, -0.2) is 36.7 Å². The zero-order valence-electron chi connectivity index (χ0n) is 13.2. The highest BCUT2D eigenvalue weighted by atomic mass is 16.5. The van der Waals surface area contributed by atoms with E-state index in [1.54, 1.807) is 6.07 Å². The third-order valence-electron chi connectivity index (χ3n) is 4.36. The largest absolute Gasteiger partial charge is 0.381 e. The second-order valence-electron chi connectivity index (χ2n) is 5.88. The summed E-state index contributed by atoms with van der Waals surface area (Å²) in [4.78, 5) is 24.1. The van der Waals surface area contributed by atoms with Gasteiger partial charge in [0.15, 0.2) is 0 Å². The topological polar surface area (TPSA) is 107 Å². The van der Waals surface area contributed by atoms with Gasteiger partial charge < -0.3 is 20.3 Å². The Morgan fingerprint density at radius 2 is 1.92 bits per heavy atom. The van der Waals surface area contributed by atoms with Crippen LogP contribution in [0.15, 0.2) is 40.9 Å².